The zero-order valence-electron chi connectivity index (χ0n) is 11.9. The normalized spacial score (nSPS) is 10.8. The lowest BCUT2D eigenvalue weighted by atomic mass is 10.1. The molecule has 3 aromatic rings. The van der Waals surface area contributed by atoms with Crippen LogP contribution in [0.5, 0.6) is 0 Å². The van der Waals surface area contributed by atoms with Gasteiger partial charge in [-0.1, -0.05) is 41.6 Å². The molecule has 0 saturated heterocycles. The zero-order chi connectivity index (χ0) is 14.8. The number of H-pyrrole nitrogens is 1. The van der Waals surface area contributed by atoms with Gasteiger partial charge in [-0.15, -0.1) is 0 Å². The van der Waals surface area contributed by atoms with Crippen LogP contribution < -0.4 is 5.32 Å². The molecule has 2 aromatic carbocycles. The number of fused-ring (bicyclic) bond motifs is 1. The third kappa shape index (κ3) is 2.67. The number of para-hydroxylation sites is 1. The van der Waals surface area contributed by atoms with Crippen molar-refractivity contribution >= 4 is 28.6 Å². The van der Waals surface area contributed by atoms with Gasteiger partial charge in [-0.3, -0.25) is 4.79 Å². The van der Waals surface area contributed by atoms with Crippen LogP contribution in [0.4, 0.5) is 0 Å². The van der Waals surface area contributed by atoms with E-state index in [4.69, 9.17) is 0 Å². The molecule has 1 amide bonds. The Bertz CT molecular complexity index is 807. The van der Waals surface area contributed by atoms with Crippen molar-refractivity contribution < 1.29 is 4.79 Å². The number of carbonyl (C=O) groups excluding carboxylic acids is 1. The van der Waals surface area contributed by atoms with E-state index in [0.29, 0.717) is 5.56 Å². The number of nitrogens with one attached hydrogen (secondary N) is 2. The number of benzene rings is 2. The summed E-state index contributed by atoms with van der Waals surface area (Å²) in [5, 5.41) is 3.75. The molecule has 1 aromatic heterocycles. The second-order valence-corrected chi connectivity index (χ2v) is 5.99. The maximum Gasteiger partial charge on any atom is 0.253 e. The molecule has 1 heterocycles. The first-order valence-corrected chi connectivity index (χ1v) is 7.57. The summed E-state index contributed by atoms with van der Waals surface area (Å²) in [5.74, 6) is -0.0745. The van der Waals surface area contributed by atoms with Crippen molar-refractivity contribution in [3.8, 4) is 0 Å². The number of aromatic nitrogens is 1. The molecule has 3 rings (SSSR count). The van der Waals surface area contributed by atoms with Crippen molar-refractivity contribution in [2.24, 2.45) is 0 Å². The van der Waals surface area contributed by atoms with Gasteiger partial charge >= 0.3 is 0 Å². The van der Waals surface area contributed by atoms with Crippen LogP contribution in [0.2, 0.25) is 0 Å². The zero-order valence-corrected chi connectivity index (χ0v) is 12.8. The van der Waals surface area contributed by atoms with E-state index in [-0.39, 0.29) is 5.91 Å². The lowest BCUT2D eigenvalue weighted by molar-refractivity contribution is 0.0964. The van der Waals surface area contributed by atoms with Crippen LogP contribution in [0.15, 0.2) is 58.5 Å². The van der Waals surface area contributed by atoms with Gasteiger partial charge in [0.15, 0.2) is 0 Å². The summed E-state index contributed by atoms with van der Waals surface area (Å²) < 4.78 is 0. The predicted octanol–water partition coefficient (Wildman–Crippen LogP) is 3.99. The Morgan fingerprint density at radius 3 is 2.76 bits per heavy atom. The Morgan fingerprint density at radius 2 is 2.00 bits per heavy atom. The van der Waals surface area contributed by atoms with Gasteiger partial charge in [-0.05, 0) is 25.1 Å². The fourth-order valence-electron chi connectivity index (χ4n) is 2.34. The van der Waals surface area contributed by atoms with E-state index in [1.165, 1.54) is 10.5 Å². The molecular weight excluding hydrogens is 280 g/mol. The molecule has 0 fully saturated rings. The average Bonchev–Trinajstić information content (AvgIpc) is 2.90. The molecule has 0 saturated carbocycles. The lowest BCUT2D eigenvalue weighted by Crippen LogP contribution is -2.17. The summed E-state index contributed by atoms with van der Waals surface area (Å²) >= 11 is 1.70. The molecule has 0 unspecified atom stereocenters. The Kier molecular flexibility index (Phi) is 3.71. The van der Waals surface area contributed by atoms with Crippen LogP contribution >= 0.6 is 11.8 Å². The monoisotopic (exact) mass is 296 g/mol. The van der Waals surface area contributed by atoms with Crippen LogP contribution in [-0.4, -0.2) is 17.9 Å². The maximum absolute atomic E-state index is 11.9. The smallest absolute Gasteiger partial charge is 0.253 e. The van der Waals surface area contributed by atoms with Crippen molar-refractivity contribution in [1.29, 1.82) is 0 Å². The van der Waals surface area contributed by atoms with Crippen molar-refractivity contribution in [3.63, 3.8) is 0 Å². The molecule has 0 aliphatic carbocycles. The highest BCUT2D eigenvalue weighted by atomic mass is 32.2. The number of hydrogen-bond donors (Lipinski definition) is 2. The van der Waals surface area contributed by atoms with Gasteiger partial charge < -0.3 is 10.3 Å². The Morgan fingerprint density at radius 1 is 1.19 bits per heavy atom. The van der Waals surface area contributed by atoms with Crippen LogP contribution in [0.25, 0.3) is 10.9 Å². The lowest BCUT2D eigenvalue weighted by Gasteiger charge is -2.03. The van der Waals surface area contributed by atoms with Crippen molar-refractivity contribution in [3.05, 3.63) is 59.8 Å². The van der Waals surface area contributed by atoms with Gasteiger partial charge in [0.25, 0.3) is 5.91 Å². The minimum absolute atomic E-state index is 0.0745. The molecule has 4 heteroatoms. The third-order valence-corrected chi connectivity index (χ3v) is 4.41. The minimum atomic E-state index is -0.0745. The fourth-order valence-corrected chi connectivity index (χ4v) is 3.39. The Balaban J connectivity index is 2.03. The van der Waals surface area contributed by atoms with E-state index >= 15 is 0 Å². The highest BCUT2D eigenvalue weighted by molar-refractivity contribution is 7.99. The van der Waals surface area contributed by atoms with Crippen LogP contribution in [0.3, 0.4) is 0 Å². The summed E-state index contributed by atoms with van der Waals surface area (Å²) in [7, 11) is 1.65. The topological polar surface area (TPSA) is 44.9 Å². The summed E-state index contributed by atoms with van der Waals surface area (Å²) in [6, 6.07) is 14.2. The van der Waals surface area contributed by atoms with Crippen molar-refractivity contribution in [2.75, 3.05) is 7.05 Å². The Labute approximate surface area is 127 Å². The van der Waals surface area contributed by atoms with Gasteiger partial charge in [-0.2, -0.15) is 0 Å². The number of rotatable bonds is 3. The summed E-state index contributed by atoms with van der Waals surface area (Å²) in [5.41, 5.74) is 2.80. The maximum atomic E-state index is 11.9. The largest absolute Gasteiger partial charge is 0.359 e. The molecule has 3 nitrogen and oxygen atoms in total. The molecular formula is C17H16N2OS. The van der Waals surface area contributed by atoms with Gasteiger partial charge in [0.05, 0.1) is 11.1 Å². The SMILES string of the molecule is CNC(=O)c1cccc2c(Sc3cccc(C)c3)c[nH]c12. The first kappa shape index (κ1) is 13.8. The first-order chi connectivity index (χ1) is 10.2. The molecule has 0 spiro atoms. The average molecular weight is 296 g/mol. The van der Waals surface area contributed by atoms with E-state index in [0.717, 1.165) is 15.8 Å². The second kappa shape index (κ2) is 5.66. The molecule has 2 N–H and O–H groups in total. The van der Waals surface area contributed by atoms with E-state index in [9.17, 15) is 4.79 Å². The molecule has 21 heavy (non-hydrogen) atoms. The molecule has 0 aliphatic rings. The van der Waals surface area contributed by atoms with Gasteiger partial charge in [0.2, 0.25) is 0 Å². The quantitative estimate of drug-likeness (QED) is 0.767. The molecule has 0 atom stereocenters. The fraction of sp³-hybridized carbons (Fsp3) is 0.118. The number of amides is 1. The van der Waals surface area contributed by atoms with Gasteiger partial charge in [0, 0.05) is 28.4 Å². The highest BCUT2D eigenvalue weighted by Crippen LogP contribution is 2.34. The number of aryl methyl sites for hydroxylation is 1. The van der Waals surface area contributed by atoms with Gasteiger partial charge in [0.1, 0.15) is 0 Å². The standard InChI is InChI=1S/C17H16N2OS/c1-11-5-3-6-12(9-11)21-15-10-19-16-13(15)7-4-8-14(16)17(20)18-2/h3-10,19H,1-2H3,(H,18,20). The third-order valence-electron chi connectivity index (χ3n) is 3.37. The molecule has 0 radical (unpaired) electrons. The minimum Gasteiger partial charge on any atom is -0.359 e. The molecule has 0 aliphatic heterocycles. The summed E-state index contributed by atoms with van der Waals surface area (Å²) in [6.45, 7) is 2.09. The highest BCUT2D eigenvalue weighted by Gasteiger charge is 2.12. The van der Waals surface area contributed by atoms with E-state index in [1.807, 2.05) is 24.4 Å². The van der Waals surface area contributed by atoms with E-state index < -0.39 is 0 Å². The van der Waals surface area contributed by atoms with Crippen LogP contribution in [0, 0.1) is 6.92 Å². The van der Waals surface area contributed by atoms with E-state index in [1.54, 1.807) is 18.8 Å². The van der Waals surface area contributed by atoms with Crippen LogP contribution in [-0.2, 0) is 0 Å². The van der Waals surface area contributed by atoms with Crippen molar-refractivity contribution in [2.45, 2.75) is 16.7 Å². The Hall–Kier alpha value is -2.20. The predicted molar refractivity (Wildman–Crippen MR) is 87.0 cm³/mol. The van der Waals surface area contributed by atoms with Crippen LogP contribution in [0.1, 0.15) is 15.9 Å². The molecule has 106 valence electrons. The van der Waals surface area contributed by atoms with E-state index in [2.05, 4.69) is 41.5 Å². The molecule has 0 bridgehead atoms. The van der Waals surface area contributed by atoms with Gasteiger partial charge in [-0.25, -0.2) is 0 Å². The summed E-state index contributed by atoms with van der Waals surface area (Å²) in [4.78, 5) is 17.4. The number of carbonyl (C=O) groups is 1. The number of aromatic amines is 1. The second-order valence-electron chi connectivity index (χ2n) is 4.88. The number of hydrogen-bond acceptors (Lipinski definition) is 2. The summed E-state index contributed by atoms with van der Waals surface area (Å²) in [6.07, 6.45) is 1.96. The first-order valence-electron chi connectivity index (χ1n) is 6.76. The van der Waals surface area contributed by atoms with Crippen molar-refractivity contribution in [1.82, 2.24) is 10.3 Å².